The molecule has 0 heterocycles. The van der Waals surface area contributed by atoms with Crippen LogP contribution in [0.4, 0.5) is 5.69 Å². The van der Waals surface area contributed by atoms with Gasteiger partial charge in [0.25, 0.3) is 0 Å². The van der Waals surface area contributed by atoms with Crippen molar-refractivity contribution in [3.05, 3.63) is 64.7 Å². The lowest BCUT2D eigenvalue weighted by Gasteiger charge is -2.13. The highest BCUT2D eigenvalue weighted by atomic mass is 16.1. The number of benzene rings is 2. The predicted molar refractivity (Wildman–Crippen MR) is 88.7 cm³/mol. The summed E-state index contributed by atoms with van der Waals surface area (Å²) in [5.41, 5.74) is 5.62. The first kappa shape index (κ1) is 15.3. The van der Waals surface area contributed by atoms with Gasteiger partial charge in [0, 0.05) is 5.69 Å². The van der Waals surface area contributed by atoms with E-state index in [1.54, 1.807) is 0 Å². The molecule has 1 amide bonds. The van der Waals surface area contributed by atoms with Crippen molar-refractivity contribution in [3.63, 3.8) is 0 Å². The summed E-state index contributed by atoms with van der Waals surface area (Å²) in [4.78, 5) is 12.2. The lowest BCUT2D eigenvalue weighted by molar-refractivity contribution is -0.115. The summed E-state index contributed by atoms with van der Waals surface area (Å²) in [6.45, 7) is 6.27. The molecule has 2 nitrogen and oxygen atoms in total. The molecule has 110 valence electrons. The molecule has 0 fully saturated rings. The number of carbonyl (C=O) groups is 1. The van der Waals surface area contributed by atoms with Gasteiger partial charge in [-0.3, -0.25) is 4.79 Å². The van der Waals surface area contributed by atoms with E-state index in [4.69, 9.17) is 0 Å². The largest absolute Gasteiger partial charge is 0.325 e. The number of para-hydroxylation sites is 1. The first-order valence-electron chi connectivity index (χ1n) is 7.60. The predicted octanol–water partition coefficient (Wildman–Crippen LogP) is 4.30. The normalized spacial score (nSPS) is 10.4. The molecule has 0 aromatic heterocycles. The van der Waals surface area contributed by atoms with Gasteiger partial charge >= 0.3 is 0 Å². The quantitative estimate of drug-likeness (QED) is 0.869. The highest BCUT2D eigenvalue weighted by molar-refractivity contribution is 5.93. The molecule has 0 aliphatic carbocycles. The Kier molecular flexibility index (Phi) is 5.15. The minimum absolute atomic E-state index is 0.0447. The second-order valence-electron chi connectivity index (χ2n) is 5.36. The van der Waals surface area contributed by atoms with Crippen LogP contribution in [0.1, 0.15) is 36.1 Å². The van der Waals surface area contributed by atoms with Gasteiger partial charge in [0.1, 0.15) is 0 Å². The van der Waals surface area contributed by atoms with Gasteiger partial charge in [0.15, 0.2) is 0 Å². The van der Waals surface area contributed by atoms with Crippen molar-refractivity contribution in [2.45, 2.75) is 40.0 Å². The van der Waals surface area contributed by atoms with Crippen molar-refractivity contribution in [1.29, 1.82) is 0 Å². The minimum atomic E-state index is 0.0447. The number of carbonyl (C=O) groups excluding carboxylic acids is 1. The standard InChI is InChI=1S/C19H23NO/c1-4-15-9-11-16(12-10-15)13-18(21)20-19-14(3)7-6-8-17(19)5-2/h6-12H,4-5,13H2,1-3H3,(H,20,21). The molecule has 0 saturated heterocycles. The summed E-state index contributed by atoms with van der Waals surface area (Å²) in [6, 6.07) is 14.4. The van der Waals surface area contributed by atoms with Crippen LogP contribution >= 0.6 is 0 Å². The van der Waals surface area contributed by atoms with Crippen LogP contribution in [0.5, 0.6) is 0 Å². The summed E-state index contributed by atoms with van der Waals surface area (Å²) in [7, 11) is 0. The van der Waals surface area contributed by atoms with Gasteiger partial charge in [-0.1, -0.05) is 56.3 Å². The highest BCUT2D eigenvalue weighted by Gasteiger charge is 2.09. The van der Waals surface area contributed by atoms with Crippen molar-refractivity contribution < 1.29 is 4.79 Å². The van der Waals surface area contributed by atoms with Crippen LogP contribution in [-0.4, -0.2) is 5.91 Å². The molecular weight excluding hydrogens is 258 g/mol. The maximum Gasteiger partial charge on any atom is 0.228 e. The summed E-state index contributed by atoms with van der Waals surface area (Å²) in [5, 5.41) is 3.07. The first-order valence-corrected chi connectivity index (χ1v) is 7.60. The summed E-state index contributed by atoms with van der Waals surface area (Å²) >= 11 is 0. The lowest BCUT2D eigenvalue weighted by atomic mass is 10.0. The smallest absolute Gasteiger partial charge is 0.228 e. The molecule has 0 bridgehead atoms. The van der Waals surface area contributed by atoms with Crippen LogP contribution < -0.4 is 5.32 Å². The van der Waals surface area contributed by atoms with Crippen molar-refractivity contribution in [1.82, 2.24) is 0 Å². The Hall–Kier alpha value is -2.09. The second kappa shape index (κ2) is 7.07. The summed E-state index contributed by atoms with van der Waals surface area (Å²) in [5.74, 6) is 0.0447. The fourth-order valence-corrected chi connectivity index (χ4v) is 2.46. The number of hydrogen-bond donors (Lipinski definition) is 1. The lowest BCUT2D eigenvalue weighted by Crippen LogP contribution is -2.16. The SMILES string of the molecule is CCc1ccc(CC(=O)Nc2c(C)cccc2CC)cc1. The van der Waals surface area contributed by atoms with Crippen LogP contribution in [0.15, 0.2) is 42.5 Å². The molecule has 2 heteroatoms. The molecule has 1 N–H and O–H groups in total. The highest BCUT2D eigenvalue weighted by Crippen LogP contribution is 2.21. The second-order valence-corrected chi connectivity index (χ2v) is 5.36. The van der Waals surface area contributed by atoms with Gasteiger partial charge in [0.2, 0.25) is 5.91 Å². The van der Waals surface area contributed by atoms with E-state index in [1.165, 1.54) is 11.1 Å². The topological polar surface area (TPSA) is 29.1 Å². The van der Waals surface area contributed by atoms with Crippen molar-refractivity contribution in [2.24, 2.45) is 0 Å². The Bertz CT molecular complexity index is 614. The summed E-state index contributed by atoms with van der Waals surface area (Å²) < 4.78 is 0. The molecular formula is C19H23NO. The average Bonchev–Trinajstić information content (AvgIpc) is 2.50. The van der Waals surface area contributed by atoms with Gasteiger partial charge in [-0.2, -0.15) is 0 Å². The number of nitrogens with one attached hydrogen (secondary N) is 1. The molecule has 0 aliphatic rings. The van der Waals surface area contributed by atoms with E-state index < -0.39 is 0 Å². The van der Waals surface area contributed by atoms with E-state index in [2.05, 4.69) is 37.4 Å². The molecule has 2 aromatic carbocycles. The van der Waals surface area contributed by atoms with Crippen LogP contribution in [0.25, 0.3) is 0 Å². The van der Waals surface area contributed by atoms with Crippen LogP contribution in [0, 0.1) is 6.92 Å². The van der Waals surface area contributed by atoms with Crippen LogP contribution in [0.2, 0.25) is 0 Å². The third-order valence-electron chi connectivity index (χ3n) is 3.80. The number of hydrogen-bond acceptors (Lipinski definition) is 1. The number of rotatable bonds is 5. The molecule has 0 spiro atoms. The number of aryl methyl sites for hydroxylation is 3. The van der Waals surface area contributed by atoms with Gasteiger partial charge in [-0.15, -0.1) is 0 Å². The fourth-order valence-electron chi connectivity index (χ4n) is 2.46. The number of anilines is 1. The summed E-state index contributed by atoms with van der Waals surface area (Å²) in [6.07, 6.45) is 2.36. The van der Waals surface area contributed by atoms with Crippen molar-refractivity contribution in [2.75, 3.05) is 5.32 Å². The molecule has 21 heavy (non-hydrogen) atoms. The molecule has 2 aromatic rings. The monoisotopic (exact) mass is 281 g/mol. The zero-order chi connectivity index (χ0) is 15.2. The molecule has 2 rings (SSSR count). The van der Waals surface area contributed by atoms with Gasteiger partial charge < -0.3 is 5.32 Å². The van der Waals surface area contributed by atoms with E-state index >= 15 is 0 Å². The minimum Gasteiger partial charge on any atom is -0.325 e. The molecule has 0 atom stereocenters. The maximum atomic E-state index is 12.2. The van der Waals surface area contributed by atoms with Crippen LogP contribution in [0.3, 0.4) is 0 Å². The molecule has 0 radical (unpaired) electrons. The van der Waals surface area contributed by atoms with Crippen LogP contribution in [-0.2, 0) is 24.1 Å². The molecule has 0 unspecified atom stereocenters. The Morgan fingerprint density at radius 2 is 1.62 bits per heavy atom. The molecule has 0 aliphatic heterocycles. The first-order chi connectivity index (χ1) is 10.1. The third-order valence-corrected chi connectivity index (χ3v) is 3.80. The van der Waals surface area contributed by atoms with E-state index in [1.807, 2.05) is 31.2 Å². The Morgan fingerprint density at radius 1 is 0.952 bits per heavy atom. The van der Waals surface area contributed by atoms with Gasteiger partial charge in [-0.25, -0.2) is 0 Å². The van der Waals surface area contributed by atoms with Gasteiger partial charge in [0.05, 0.1) is 6.42 Å². The van der Waals surface area contributed by atoms with E-state index in [0.29, 0.717) is 6.42 Å². The van der Waals surface area contributed by atoms with E-state index in [-0.39, 0.29) is 5.91 Å². The number of amides is 1. The third kappa shape index (κ3) is 3.94. The zero-order valence-electron chi connectivity index (χ0n) is 13.1. The maximum absolute atomic E-state index is 12.2. The Labute approximate surface area is 127 Å². The van der Waals surface area contributed by atoms with E-state index in [9.17, 15) is 4.79 Å². The van der Waals surface area contributed by atoms with Crippen molar-refractivity contribution in [3.8, 4) is 0 Å². The Morgan fingerprint density at radius 3 is 2.24 bits per heavy atom. The average molecular weight is 281 g/mol. The fraction of sp³-hybridized carbons (Fsp3) is 0.316. The van der Waals surface area contributed by atoms with E-state index in [0.717, 1.165) is 29.7 Å². The van der Waals surface area contributed by atoms with Gasteiger partial charge in [-0.05, 0) is 42.0 Å². The Balaban J connectivity index is 2.08. The zero-order valence-corrected chi connectivity index (χ0v) is 13.1. The van der Waals surface area contributed by atoms with Crippen molar-refractivity contribution >= 4 is 11.6 Å². The molecule has 0 saturated carbocycles.